The second-order valence-electron chi connectivity index (χ2n) is 4.99. The molecule has 22 heavy (non-hydrogen) atoms. The Morgan fingerprint density at radius 1 is 1.36 bits per heavy atom. The van der Waals surface area contributed by atoms with Crippen LogP contribution in [-0.2, 0) is 9.53 Å². The van der Waals surface area contributed by atoms with E-state index in [1.807, 2.05) is 0 Å². The third kappa shape index (κ3) is 3.29. The number of anilines is 1. The van der Waals surface area contributed by atoms with Crippen LogP contribution in [0.2, 0.25) is 0 Å². The lowest BCUT2D eigenvalue weighted by Crippen LogP contribution is -2.63. The molecule has 0 aliphatic carbocycles. The van der Waals surface area contributed by atoms with Crippen molar-refractivity contribution < 1.29 is 31.5 Å². The number of halogens is 5. The van der Waals surface area contributed by atoms with Gasteiger partial charge in [0.2, 0.25) is 0 Å². The Labute approximate surface area is 122 Å². The molecule has 0 spiro atoms. The van der Waals surface area contributed by atoms with Gasteiger partial charge in [-0.25, -0.2) is 13.6 Å². The third-order valence-electron chi connectivity index (χ3n) is 3.28. The standard InChI is InChI=1S/C13H13F5N2O2/c1-12(22-11(21)13(16,17)18)7-19-4-5-20(12)10-6-8(14)2-3-9(10)15/h2-3,6,19H,4-5,7H2,1H3/t12-/m1/s1. The lowest BCUT2D eigenvalue weighted by molar-refractivity contribution is -0.213. The van der Waals surface area contributed by atoms with Gasteiger partial charge in [0.15, 0.2) is 5.72 Å². The summed E-state index contributed by atoms with van der Waals surface area (Å²) in [5.74, 6) is -3.96. The molecule has 0 radical (unpaired) electrons. The second kappa shape index (κ2) is 5.71. The molecule has 1 aliphatic rings. The topological polar surface area (TPSA) is 41.6 Å². The molecule has 9 heteroatoms. The molecule has 1 fully saturated rings. The lowest BCUT2D eigenvalue weighted by Gasteiger charge is -2.45. The number of nitrogens with zero attached hydrogens (tertiary/aromatic N) is 1. The molecular formula is C13H13F5N2O2. The molecule has 4 nitrogen and oxygen atoms in total. The normalized spacial score (nSPS) is 22.5. The van der Waals surface area contributed by atoms with Crippen molar-refractivity contribution in [3.63, 3.8) is 0 Å². The first-order chi connectivity index (χ1) is 10.1. The molecule has 1 heterocycles. The molecule has 1 aromatic carbocycles. The number of hydrogen-bond acceptors (Lipinski definition) is 4. The van der Waals surface area contributed by atoms with Gasteiger partial charge in [0.1, 0.15) is 11.6 Å². The van der Waals surface area contributed by atoms with E-state index >= 15 is 0 Å². The molecule has 2 rings (SSSR count). The first-order valence-corrected chi connectivity index (χ1v) is 6.37. The molecule has 0 bridgehead atoms. The fourth-order valence-electron chi connectivity index (χ4n) is 2.26. The predicted molar refractivity (Wildman–Crippen MR) is 67.1 cm³/mol. The summed E-state index contributed by atoms with van der Waals surface area (Å²) in [5, 5.41) is 2.76. The number of hydrogen-bond donors (Lipinski definition) is 1. The maximum Gasteiger partial charge on any atom is 0.491 e. The SMILES string of the molecule is C[C@@]1(OC(=O)C(F)(F)F)CNCCN1c1cc(F)ccc1F. The smallest absolute Gasteiger partial charge is 0.431 e. The maximum absolute atomic E-state index is 13.9. The number of alkyl halides is 3. The van der Waals surface area contributed by atoms with Gasteiger partial charge < -0.3 is 15.0 Å². The van der Waals surface area contributed by atoms with E-state index in [0.29, 0.717) is 6.54 Å². The van der Waals surface area contributed by atoms with Crippen LogP contribution in [0.1, 0.15) is 6.92 Å². The fourth-order valence-corrected chi connectivity index (χ4v) is 2.26. The van der Waals surface area contributed by atoms with Crippen LogP contribution in [-0.4, -0.2) is 37.5 Å². The summed E-state index contributed by atoms with van der Waals surface area (Å²) in [7, 11) is 0. The average molecular weight is 324 g/mol. The molecular weight excluding hydrogens is 311 g/mol. The predicted octanol–water partition coefficient (Wildman–Crippen LogP) is 2.20. The Bertz CT molecular complexity index is 578. The summed E-state index contributed by atoms with van der Waals surface area (Å²) in [4.78, 5) is 12.2. The molecule has 0 aromatic heterocycles. The number of benzene rings is 1. The van der Waals surface area contributed by atoms with Crippen molar-refractivity contribution in [1.29, 1.82) is 0 Å². The minimum absolute atomic E-state index is 0.0437. The van der Waals surface area contributed by atoms with Gasteiger partial charge in [-0.1, -0.05) is 0 Å². The Hall–Kier alpha value is -1.90. The highest BCUT2D eigenvalue weighted by molar-refractivity contribution is 5.76. The molecule has 0 unspecified atom stereocenters. The lowest BCUT2D eigenvalue weighted by atomic mass is 10.1. The quantitative estimate of drug-likeness (QED) is 0.669. The van der Waals surface area contributed by atoms with Gasteiger partial charge in [-0.3, -0.25) is 0 Å². The maximum atomic E-state index is 13.9. The molecule has 1 aromatic rings. The van der Waals surface area contributed by atoms with E-state index in [4.69, 9.17) is 0 Å². The van der Waals surface area contributed by atoms with Crippen LogP contribution in [0.25, 0.3) is 0 Å². The number of carbonyl (C=O) groups excluding carboxylic acids is 1. The minimum Gasteiger partial charge on any atom is -0.431 e. The highest BCUT2D eigenvalue weighted by Crippen LogP contribution is 2.31. The van der Waals surface area contributed by atoms with Crippen molar-refractivity contribution in [2.75, 3.05) is 24.5 Å². The monoisotopic (exact) mass is 324 g/mol. The highest BCUT2D eigenvalue weighted by Gasteiger charge is 2.48. The van der Waals surface area contributed by atoms with Gasteiger partial charge in [0.25, 0.3) is 0 Å². The summed E-state index contributed by atoms with van der Waals surface area (Å²) in [6.45, 7) is 1.40. The van der Waals surface area contributed by atoms with E-state index in [2.05, 4.69) is 10.1 Å². The molecule has 122 valence electrons. The zero-order valence-corrected chi connectivity index (χ0v) is 11.5. The number of ether oxygens (including phenoxy) is 1. The number of piperazine rings is 1. The minimum atomic E-state index is -5.17. The van der Waals surface area contributed by atoms with Crippen LogP contribution in [0.5, 0.6) is 0 Å². The van der Waals surface area contributed by atoms with Gasteiger partial charge in [0, 0.05) is 19.2 Å². The van der Waals surface area contributed by atoms with Crippen LogP contribution in [0, 0.1) is 11.6 Å². The van der Waals surface area contributed by atoms with E-state index in [0.717, 1.165) is 23.1 Å². The van der Waals surface area contributed by atoms with Gasteiger partial charge in [0.05, 0.1) is 12.2 Å². The number of nitrogens with one attached hydrogen (secondary N) is 1. The first-order valence-electron chi connectivity index (χ1n) is 6.37. The Morgan fingerprint density at radius 2 is 2.05 bits per heavy atom. The van der Waals surface area contributed by atoms with Gasteiger partial charge in [-0.2, -0.15) is 13.2 Å². The van der Waals surface area contributed by atoms with Crippen LogP contribution in [0.3, 0.4) is 0 Å². The van der Waals surface area contributed by atoms with Crippen molar-refractivity contribution in [1.82, 2.24) is 5.32 Å². The van der Waals surface area contributed by atoms with Crippen LogP contribution >= 0.6 is 0 Å². The van der Waals surface area contributed by atoms with E-state index in [1.165, 1.54) is 6.92 Å². The molecule has 1 N–H and O–H groups in total. The second-order valence-corrected chi connectivity index (χ2v) is 4.99. The van der Waals surface area contributed by atoms with Crippen molar-refractivity contribution in [2.45, 2.75) is 18.8 Å². The third-order valence-corrected chi connectivity index (χ3v) is 3.28. The highest BCUT2D eigenvalue weighted by atomic mass is 19.4. The molecule has 1 saturated heterocycles. The Morgan fingerprint density at radius 3 is 2.68 bits per heavy atom. The van der Waals surface area contributed by atoms with Crippen LogP contribution in [0.4, 0.5) is 27.6 Å². The van der Waals surface area contributed by atoms with Gasteiger partial charge >= 0.3 is 12.1 Å². The Kier molecular flexibility index (Phi) is 4.28. The average Bonchev–Trinajstić information content (AvgIpc) is 2.41. The zero-order valence-electron chi connectivity index (χ0n) is 11.5. The number of carbonyl (C=O) groups is 1. The molecule has 1 atom stereocenters. The van der Waals surface area contributed by atoms with E-state index in [9.17, 15) is 26.7 Å². The van der Waals surface area contributed by atoms with E-state index < -0.39 is 29.5 Å². The summed E-state index contributed by atoms with van der Waals surface area (Å²) in [6, 6.07) is 2.60. The summed E-state index contributed by atoms with van der Waals surface area (Å²) >= 11 is 0. The molecule has 0 saturated carbocycles. The van der Waals surface area contributed by atoms with Crippen molar-refractivity contribution in [2.24, 2.45) is 0 Å². The zero-order chi connectivity index (χ0) is 16.5. The van der Waals surface area contributed by atoms with Crippen LogP contribution < -0.4 is 10.2 Å². The van der Waals surface area contributed by atoms with Crippen molar-refractivity contribution in [3.8, 4) is 0 Å². The molecule has 1 aliphatic heterocycles. The van der Waals surface area contributed by atoms with Gasteiger partial charge in [-0.15, -0.1) is 0 Å². The van der Waals surface area contributed by atoms with E-state index in [1.54, 1.807) is 0 Å². The largest absolute Gasteiger partial charge is 0.491 e. The molecule has 0 amide bonds. The summed E-state index contributed by atoms with van der Waals surface area (Å²) < 4.78 is 68.9. The van der Waals surface area contributed by atoms with Crippen molar-refractivity contribution in [3.05, 3.63) is 29.8 Å². The van der Waals surface area contributed by atoms with Crippen molar-refractivity contribution >= 4 is 11.7 Å². The van der Waals surface area contributed by atoms with Gasteiger partial charge in [-0.05, 0) is 19.1 Å². The van der Waals surface area contributed by atoms with E-state index in [-0.39, 0.29) is 18.8 Å². The number of rotatable bonds is 2. The Balaban J connectivity index is 2.35. The number of esters is 1. The summed E-state index contributed by atoms with van der Waals surface area (Å²) in [5.41, 5.74) is -2.06. The van der Waals surface area contributed by atoms with Crippen LogP contribution in [0.15, 0.2) is 18.2 Å². The first kappa shape index (κ1) is 16.5. The fraction of sp³-hybridized carbons (Fsp3) is 0.462. The summed E-state index contributed by atoms with van der Waals surface area (Å²) in [6.07, 6.45) is -5.17.